The average Bonchev–Trinajstić information content (AvgIpc) is 2.45. The Balaban J connectivity index is 2.70. The monoisotopic (exact) mass is 193 g/mol. The summed E-state index contributed by atoms with van der Waals surface area (Å²) in [5.41, 5.74) is 1.30. The Kier molecular flexibility index (Phi) is 1.84. The molecule has 14 heavy (non-hydrogen) atoms. The Morgan fingerprint density at radius 1 is 1.29 bits per heavy atom. The first kappa shape index (κ1) is 9.19. The van der Waals surface area contributed by atoms with Crippen molar-refractivity contribution in [2.75, 3.05) is 0 Å². The normalized spacial score (nSPS) is 12.3. The van der Waals surface area contributed by atoms with E-state index in [0.29, 0.717) is 5.58 Å². The lowest BCUT2D eigenvalue weighted by Crippen LogP contribution is -2.11. The Bertz CT molecular complexity index is 468. The molecule has 0 unspecified atom stereocenters. The van der Waals surface area contributed by atoms with Gasteiger partial charge in [-0.1, -0.05) is 25.9 Å². The molecule has 0 spiro atoms. The predicted octanol–water partition coefficient (Wildman–Crippen LogP) is 3.26. The topological polar surface area (TPSA) is 26.0 Å². The molecule has 0 bridgehead atoms. The van der Waals surface area contributed by atoms with Crippen molar-refractivity contribution >= 4 is 11.0 Å². The van der Waals surface area contributed by atoms with Crippen molar-refractivity contribution in [3.8, 4) is 0 Å². The smallest absolute Gasteiger partial charge is 0.170 e. The van der Waals surface area contributed by atoms with Crippen LogP contribution in [0.3, 0.4) is 0 Å². The van der Waals surface area contributed by atoms with Crippen LogP contribution in [0.4, 0.5) is 4.39 Å². The van der Waals surface area contributed by atoms with E-state index in [4.69, 9.17) is 4.52 Å². The minimum Gasteiger partial charge on any atom is -0.356 e. The summed E-state index contributed by atoms with van der Waals surface area (Å²) in [6, 6.07) is 4.49. The molecule has 1 aromatic heterocycles. The first-order valence-electron chi connectivity index (χ1n) is 4.54. The van der Waals surface area contributed by atoms with Gasteiger partial charge in [-0.3, -0.25) is 0 Å². The van der Waals surface area contributed by atoms with E-state index in [2.05, 4.69) is 5.16 Å². The summed E-state index contributed by atoms with van der Waals surface area (Å²) < 4.78 is 17.9. The zero-order chi connectivity index (χ0) is 10.3. The van der Waals surface area contributed by atoms with Crippen molar-refractivity contribution in [2.45, 2.75) is 26.2 Å². The molecular formula is C11H12FNO. The van der Waals surface area contributed by atoms with Crippen molar-refractivity contribution in [1.82, 2.24) is 5.16 Å². The Morgan fingerprint density at radius 2 is 2.00 bits per heavy atom. The SMILES string of the molecule is CC(C)(C)c1noc2cc(F)ccc12. The minimum absolute atomic E-state index is 0.0803. The van der Waals surface area contributed by atoms with Gasteiger partial charge in [0.15, 0.2) is 5.58 Å². The van der Waals surface area contributed by atoms with Gasteiger partial charge >= 0.3 is 0 Å². The number of fused-ring (bicyclic) bond motifs is 1. The number of hydrogen-bond donors (Lipinski definition) is 0. The van der Waals surface area contributed by atoms with Crippen LogP contribution in [-0.2, 0) is 5.41 Å². The van der Waals surface area contributed by atoms with E-state index in [1.165, 1.54) is 12.1 Å². The van der Waals surface area contributed by atoms with Gasteiger partial charge in [0, 0.05) is 16.9 Å². The molecule has 2 rings (SSSR count). The summed E-state index contributed by atoms with van der Waals surface area (Å²) in [6.45, 7) is 6.15. The highest BCUT2D eigenvalue weighted by Gasteiger charge is 2.21. The van der Waals surface area contributed by atoms with Crippen molar-refractivity contribution < 1.29 is 8.91 Å². The third kappa shape index (κ3) is 1.39. The van der Waals surface area contributed by atoms with Gasteiger partial charge in [-0.15, -0.1) is 0 Å². The molecule has 0 atom stereocenters. The van der Waals surface area contributed by atoms with Gasteiger partial charge in [0.25, 0.3) is 0 Å². The van der Waals surface area contributed by atoms with E-state index in [1.807, 2.05) is 20.8 Å². The maximum atomic E-state index is 12.9. The number of aromatic nitrogens is 1. The first-order valence-corrected chi connectivity index (χ1v) is 4.54. The molecule has 1 aromatic carbocycles. The maximum absolute atomic E-state index is 12.9. The van der Waals surface area contributed by atoms with Gasteiger partial charge in [-0.25, -0.2) is 4.39 Å². The highest BCUT2D eigenvalue weighted by Crippen LogP contribution is 2.29. The van der Waals surface area contributed by atoms with E-state index in [-0.39, 0.29) is 11.2 Å². The lowest BCUT2D eigenvalue weighted by Gasteiger charge is -2.14. The van der Waals surface area contributed by atoms with E-state index < -0.39 is 0 Å². The van der Waals surface area contributed by atoms with E-state index in [1.54, 1.807) is 6.07 Å². The molecule has 0 N–H and O–H groups in total. The van der Waals surface area contributed by atoms with Crippen LogP contribution in [0.5, 0.6) is 0 Å². The Morgan fingerprint density at radius 3 is 2.64 bits per heavy atom. The van der Waals surface area contributed by atoms with Gasteiger partial charge in [0.1, 0.15) is 5.82 Å². The molecule has 0 amide bonds. The third-order valence-electron chi connectivity index (χ3n) is 2.14. The van der Waals surface area contributed by atoms with Crippen molar-refractivity contribution in [3.63, 3.8) is 0 Å². The molecule has 0 aliphatic carbocycles. The molecule has 0 fully saturated rings. The third-order valence-corrected chi connectivity index (χ3v) is 2.14. The standard InChI is InChI=1S/C11H12FNO/c1-11(2,3)10-8-5-4-7(12)6-9(8)14-13-10/h4-6H,1-3H3. The number of halogens is 1. The zero-order valence-electron chi connectivity index (χ0n) is 8.47. The molecule has 2 aromatic rings. The zero-order valence-corrected chi connectivity index (χ0v) is 8.47. The summed E-state index contributed by atoms with van der Waals surface area (Å²) in [7, 11) is 0. The summed E-state index contributed by atoms with van der Waals surface area (Å²) in [5, 5.41) is 4.85. The van der Waals surface area contributed by atoms with Crippen LogP contribution in [0.2, 0.25) is 0 Å². The Labute approximate surface area is 81.7 Å². The van der Waals surface area contributed by atoms with Gasteiger partial charge < -0.3 is 4.52 Å². The lowest BCUT2D eigenvalue weighted by molar-refractivity contribution is 0.419. The molecular weight excluding hydrogens is 181 g/mol. The predicted molar refractivity (Wildman–Crippen MR) is 52.7 cm³/mol. The fourth-order valence-electron chi connectivity index (χ4n) is 1.45. The van der Waals surface area contributed by atoms with Crippen molar-refractivity contribution in [2.24, 2.45) is 0 Å². The molecule has 0 saturated heterocycles. The minimum atomic E-state index is -0.297. The molecule has 0 aliphatic rings. The van der Waals surface area contributed by atoms with Crippen LogP contribution >= 0.6 is 0 Å². The summed E-state index contributed by atoms with van der Waals surface area (Å²) in [4.78, 5) is 0. The summed E-state index contributed by atoms with van der Waals surface area (Å²) in [5.74, 6) is -0.297. The quantitative estimate of drug-likeness (QED) is 0.641. The molecule has 74 valence electrons. The summed E-state index contributed by atoms with van der Waals surface area (Å²) in [6.07, 6.45) is 0. The highest BCUT2D eigenvalue weighted by atomic mass is 19.1. The molecule has 0 saturated carbocycles. The second kappa shape index (κ2) is 2.80. The molecule has 0 radical (unpaired) electrons. The van der Waals surface area contributed by atoms with E-state index >= 15 is 0 Å². The average molecular weight is 193 g/mol. The second-order valence-corrected chi connectivity index (χ2v) is 4.42. The van der Waals surface area contributed by atoms with Crippen LogP contribution < -0.4 is 0 Å². The van der Waals surface area contributed by atoms with Crippen LogP contribution in [0, 0.1) is 5.82 Å². The Hall–Kier alpha value is -1.38. The summed E-state index contributed by atoms with van der Waals surface area (Å²) >= 11 is 0. The van der Waals surface area contributed by atoms with Crippen molar-refractivity contribution in [3.05, 3.63) is 29.7 Å². The lowest BCUT2D eigenvalue weighted by atomic mass is 9.90. The molecule has 1 heterocycles. The largest absolute Gasteiger partial charge is 0.356 e. The number of rotatable bonds is 0. The molecule has 0 aliphatic heterocycles. The first-order chi connectivity index (χ1) is 6.48. The van der Waals surface area contributed by atoms with Gasteiger partial charge in [0.2, 0.25) is 0 Å². The number of benzene rings is 1. The van der Waals surface area contributed by atoms with Gasteiger partial charge in [0.05, 0.1) is 5.69 Å². The van der Waals surface area contributed by atoms with Gasteiger partial charge in [-0.05, 0) is 12.1 Å². The fraction of sp³-hybridized carbons (Fsp3) is 0.364. The second-order valence-electron chi connectivity index (χ2n) is 4.42. The number of hydrogen-bond acceptors (Lipinski definition) is 2. The van der Waals surface area contributed by atoms with E-state index in [9.17, 15) is 4.39 Å². The van der Waals surface area contributed by atoms with Crippen LogP contribution in [0.15, 0.2) is 22.7 Å². The molecule has 2 nitrogen and oxygen atoms in total. The van der Waals surface area contributed by atoms with Crippen LogP contribution in [0.25, 0.3) is 11.0 Å². The van der Waals surface area contributed by atoms with Crippen LogP contribution in [-0.4, -0.2) is 5.16 Å². The van der Waals surface area contributed by atoms with E-state index in [0.717, 1.165) is 11.1 Å². The van der Waals surface area contributed by atoms with Crippen molar-refractivity contribution in [1.29, 1.82) is 0 Å². The number of nitrogens with zero attached hydrogens (tertiary/aromatic N) is 1. The van der Waals surface area contributed by atoms with Gasteiger partial charge in [-0.2, -0.15) is 0 Å². The fourth-order valence-corrected chi connectivity index (χ4v) is 1.45. The van der Waals surface area contributed by atoms with Crippen LogP contribution in [0.1, 0.15) is 26.5 Å². The highest BCUT2D eigenvalue weighted by molar-refractivity contribution is 5.80. The molecule has 3 heteroatoms. The maximum Gasteiger partial charge on any atom is 0.170 e.